The maximum absolute atomic E-state index is 15.4. The Kier molecular flexibility index (Phi) is 6.72. The van der Waals surface area contributed by atoms with Crippen LogP contribution < -0.4 is 15.0 Å². The molecule has 0 amide bonds. The second-order valence-corrected chi connectivity index (χ2v) is 10.4. The van der Waals surface area contributed by atoms with Gasteiger partial charge in [-0.1, -0.05) is 29.9 Å². The van der Waals surface area contributed by atoms with Crippen LogP contribution in [0.3, 0.4) is 0 Å². The molecule has 1 aliphatic carbocycles. The fourth-order valence-electron chi connectivity index (χ4n) is 4.82. The van der Waals surface area contributed by atoms with Crippen LogP contribution in [0.25, 0.3) is 21.5 Å². The van der Waals surface area contributed by atoms with Crippen LogP contribution in [0.4, 0.5) is 15.3 Å². The maximum atomic E-state index is 15.4. The van der Waals surface area contributed by atoms with Crippen LogP contribution in [0.1, 0.15) is 25.7 Å². The third-order valence-corrected chi connectivity index (χ3v) is 7.76. The molecular weight excluding hydrogens is 489 g/mol. The third kappa shape index (κ3) is 5.14. The topological polar surface area (TPSA) is 72.4 Å². The summed E-state index contributed by atoms with van der Waals surface area (Å²) in [5.74, 6) is 1.20. The van der Waals surface area contributed by atoms with Gasteiger partial charge < -0.3 is 19.7 Å². The number of rotatable bonds is 6. The van der Waals surface area contributed by atoms with Crippen molar-refractivity contribution in [3.63, 3.8) is 0 Å². The minimum Gasteiger partial charge on any atom is -0.457 e. The molecule has 1 saturated heterocycles. The van der Waals surface area contributed by atoms with Gasteiger partial charge in [0.15, 0.2) is 16.8 Å². The monoisotopic (exact) mass is 517 g/mol. The second kappa shape index (κ2) is 10.4. The summed E-state index contributed by atoms with van der Waals surface area (Å²) in [5.41, 5.74) is 3.06. The molecule has 1 aliphatic heterocycles. The number of fused-ring (bicyclic) bond motifs is 1. The van der Waals surface area contributed by atoms with E-state index < -0.39 is 0 Å². The van der Waals surface area contributed by atoms with Crippen LogP contribution in [0.5, 0.6) is 11.5 Å². The van der Waals surface area contributed by atoms with Gasteiger partial charge in [0.05, 0.1) is 29.1 Å². The van der Waals surface area contributed by atoms with Crippen molar-refractivity contribution in [3.8, 4) is 22.8 Å². The average molecular weight is 518 g/mol. The minimum atomic E-state index is -0.388. The summed E-state index contributed by atoms with van der Waals surface area (Å²) in [7, 11) is 0. The summed E-state index contributed by atoms with van der Waals surface area (Å²) < 4.78 is 28.0. The number of morpholine rings is 1. The molecule has 2 aliphatic rings. The zero-order chi connectivity index (χ0) is 25.2. The number of halogens is 1. The predicted octanol–water partition coefficient (Wildman–Crippen LogP) is 6.43. The molecule has 2 fully saturated rings. The van der Waals surface area contributed by atoms with Crippen LogP contribution in [-0.4, -0.2) is 47.3 Å². The molecule has 0 spiro atoms. The molecular formula is C28H28FN5O2S. The SMILES string of the molecule is C=C1CCCC[C@H]1Nc1nc2ccc(Oc3ccnc(-c4ccnc(N5CCOCC5)c4F)c3)cc2s1. The van der Waals surface area contributed by atoms with Crippen LogP contribution in [0.15, 0.2) is 60.9 Å². The Bertz CT molecular complexity index is 1440. The number of thiazole rings is 1. The number of benzene rings is 1. The summed E-state index contributed by atoms with van der Waals surface area (Å²) in [4.78, 5) is 15.3. The van der Waals surface area contributed by atoms with Gasteiger partial charge in [0.25, 0.3) is 0 Å². The van der Waals surface area contributed by atoms with E-state index in [4.69, 9.17) is 14.5 Å². The van der Waals surface area contributed by atoms with E-state index in [9.17, 15) is 0 Å². The molecule has 4 heterocycles. The van der Waals surface area contributed by atoms with Gasteiger partial charge >= 0.3 is 0 Å². The lowest BCUT2D eigenvalue weighted by molar-refractivity contribution is 0.122. The number of hydrogen-bond donors (Lipinski definition) is 1. The van der Waals surface area contributed by atoms with E-state index in [2.05, 4.69) is 21.9 Å². The van der Waals surface area contributed by atoms with Crippen LogP contribution in [0.2, 0.25) is 0 Å². The lowest BCUT2D eigenvalue weighted by atomic mass is 9.91. The van der Waals surface area contributed by atoms with Crippen molar-refractivity contribution in [1.29, 1.82) is 0 Å². The fraction of sp³-hybridized carbons (Fsp3) is 0.321. The van der Waals surface area contributed by atoms with Crippen molar-refractivity contribution in [2.75, 3.05) is 36.5 Å². The Morgan fingerprint density at radius 3 is 2.76 bits per heavy atom. The van der Waals surface area contributed by atoms with Crippen molar-refractivity contribution < 1.29 is 13.9 Å². The molecule has 1 aromatic carbocycles. The molecule has 6 rings (SSSR count). The molecule has 0 radical (unpaired) electrons. The summed E-state index contributed by atoms with van der Waals surface area (Å²) in [5, 5.41) is 4.45. The first-order chi connectivity index (χ1) is 18.1. The highest BCUT2D eigenvalue weighted by molar-refractivity contribution is 7.22. The predicted molar refractivity (Wildman–Crippen MR) is 145 cm³/mol. The normalized spacial score (nSPS) is 18.2. The van der Waals surface area contributed by atoms with E-state index in [1.807, 2.05) is 23.1 Å². The van der Waals surface area contributed by atoms with Crippen molar-refractivity contribution in [2.45, 2.75) is 31.7 Å². The van der Waals surface area contributed by atoms with Gasteiger partial charge in [-0.05, 0) is 43.5 Å². The number of pyridine rings is 2. The smallest absolute Gasteiger partial charge is 0.184 e. The number of aromatic nitrogens is 3. The summed E-state index contributed by atoms with van der Waals surface area (Å²) in [6.07, 6.45) is 7.85. The molecule has 37 heavy (non-hydrogen) atoms. The van der Waals surface area contributed by atoms with Crippen molar-refractivity contribution in [3.05, 3.63) is 66.8 Å². The highest BCUT2D eigenvalue weighted by atomic mass is 32.1. The van der Waals surface area contributed by atoms with E-state index >= 15 is 4.39 Å². The highest BCUT2D eigenvalue weighted by Gasteiger charge is 2.21. The molecule has 1 atom stereocenters. The number of nitrogens with zero attached hydrogens (tertiary/aromatic N) is 4. The zero-order valence-corrected chi connectivity index (χ0v) is 21.3. The number of ether oxygens (including phenoxy) is 2. The second-order valence-electron chi connectivity index (χ2n) is 9.32. The summed E-state index contributed by atoms with van der Waals surface area (Å²) in [6.45, 7) is 6.56. The molecule has 1 saturated carbocycles. The van der Waals surface area contributed by atoms with Gasteiger partial charge in [0.1, 0.15) is 11.5 Å². The van der Waals surface area contributed by atoms with E-state index in [1.165, 1.54) is 18.4 Å². The number of nitrogens with one attached hydrogen (secondary N) is 1. The van der Waals surface area contributed by atoms with Gasteiger partial charge in [-0.15, -0.1) is 0 Å². The van der Waals surface area contributed by atoms with E-state index in [-0.39, 0.29) is 11.9 Å². The third-order valence-electron chi connectivity index (χ3n) is 6.82. The van der Waals surface area contributed by atoms with E-state index in [0.29, 0.717) is 54.9 Å². The summed E-state index contributed by atoms with van der Waals surface area (Å²) >= 11 is 1.61. The van der Waals surface area contributed by atoms with E-state index in [0.717, 1.165) is 28.2 Å². The van der Waals surface area contributed by atoms with Crippen molar-refractivity contribution in [2.24, 2.45) is 0 Å². The van der Waals surface area contributed by atoms with Gasteiger partial charge in [-0.2, -0.15) is 0 Å². The van der Waals surface area contributed by atoms with Crippen LogP contribution >= 0.6 is 11.3 Å². The number of hydrogen-bond acceptors (Lipinski definition) is 8. The van der Waals surface area contributed by atoms with E-state index in [1.54, 1.807) is 41.9 Å². The summed E-state index contributed by atoms with van der Waals surface area (Å²) in [6, 6.07) is 11.3. The van der Waals surface area contributed by atoms with Gasteiger partial charge in [0.2, 0.25) is 0 Å². The van der Waals surface area contributed by atoms with Crippen LogP contribution in [0, 0.1) is 5.82 Å². The minimum absolute atomic E-state index is 0.289. The molecule has 1 N–H and O–H groups in total. The number of anilines is 2. The first-order valence-electron chi connectivity index (χ1n) is 12.6. The lowest BCUT2D eigenvalue weighted by Gasteiger charge is -2.28. The Balaban J connectivity index is 1.21. The molecule has 0 bridgehead atoms. The van der Waals surface area contributed by atoms with Gasteiger partial charge in [-0.3, -0.25) is 4.98 Å². The molecule has 190 valence electrons. The van der Waals surface area contributed by atoms with Crippen molar-refractivity contribution in [1.82, 2.24) is 15.0 Å². The van der Waals surface area contributed by atoms with Crippen molar-refractivity contribution >= 4 is 32.5 Å². The quantitative estimate of drug-likeness (QED) is 0.295. The Morgan fingerprint density at radius 2 is 1.89 bits per heavy atom. The molecule has 3 aromatic heterocycles. The van der Waals surface area contributed by atoms with Gasteiger partial charge in [-0.25, -0.2) is 14.4 Å². The lowest BCUT2D eigenvalue weighted by Crippen LogP contribution is -2.37. The Morgan fingerprint density at radius 1 is 1.05 bits per heavy atom. The Labute approximate surface area is 219 Å². The first kappa shape index (κ1) is 23.8. The molecule has 0 unspecified atom stereocenters. The van der Waals surface area contributed by atoms with Gasteiger partial charge in [0, 0.05) is 49.2 Å². The molecule has 9 heteroatoms. The van der Waals surface area contributed by atoms with Crippen LogP contribution in [-0.2, 0) is 4.74 Å². The first-order valence-corrected chi connectivity index (χ1v) is 13.4. The zero-order valence-electron chi connectivity index (χ0n) is 20.5. The molecule has 4 aromatic rings. The Hall–Kier alpha value is -3.56. The average Bonchev–Trinajstić information content (AvgIpc) is 3.32. The fourth-order valence-corrected chi connectivity index (χ4v) is 5.76. The molecule has 7 nitrogen and oxygen atoms in total. The highest BCUT2D eigenvalue weighted by Crippen LogP contribution is 2.35. The largest absolute Gasteiger partial charge is 0.457 e. The standard InChI is InChI=1S/C28H28FN5O2S/c1-18-4-2-3-5-22(18)32-28-33-23-7-6-19(17-25(23)37-28)36-20-8-10-30-24(16-20)21-9-11-31-27(26(21)29)34-12-14-35-15-13-34/h6-11,16-17,22H,1-5,12-15H2,(H,32,33)/t22-/m1/s1. The maximum Gasteiger partial charge on any atom is 0.184 e.